The Balaban J connectivity index is 2.37. The molecule has 0 saturated heterocycles. The maximum absolute atomic E-state index is 11.6. The zero-order valence-corrected chi connectivity index (χ0v) is 13.5. The van der Waals surface area contributed by atoms with E-state index >= 15 is 0 Å². The molecule has 3 N–H and O–H groups in total. The summed E-state index contributed by atoms with van der Waals surface area (Å²) in [5.41, 5.74) is 2.91. The number of rotatable bonds is 5. The van der Waals surface area contributed by atoms with Crippen LogP contribution in [0.25, 0.3) is 0 Å². The minimum atomic E-state index is -0.968. The smallest absolute Gasteiger partial charge is 0.335 e. The van der Waals surface area contributed by atoms with Gasteiger partial charge in [-0.2, -0.15) is 0 Å². The lowest BCUT2D eigenvalue weighted by atomic mass is 9.95. The number of hydrogen-bond acceptors (Lipinski definition) is 5. The number of aliphatic imine (C=N–C) groups is 1. The molecule has 0 radical (unpaired) electrons. The number of aryl methyl sites for hydroxylation is 1. The van der Waals surface area contributed by atoms with Crippen LogP contribution in [-0.4, -0.2) is 33.7 Å². The zero-order valence-electron chi connectivity index (χ0n) is 12.7. The molecule has 2 rings (SSSR count). The third-order valence-corrected chi connectivity index (χ3v) is 4.35. The number of carboxylic acids is 1. The number of aliphatic hydroxyl groups is 1. The molecule has 0 bridgehead atoms. The van der Waals surface area contributed by atoms with Crippen molar-refractivity contribution in [2.45, 2.75) is 26.3 Å². The minimum absolute atomic E-state index is 0.0514. The number of hydrogen-bond donors (Lipinski definition) is 3. The highest BCUT2D eigenvalue weighted by atomic mass is 32.2. The van der Waals surface area contributed by atoms with Gasteiger partial charge in [0.25, 0.3) is 0 Å². The maximum atomic E-state index is 11.6. The summed E-state index contributed by atoms with van der Waals surface area (Å²) >= 11 is 1.38. The van der Waals surface area contributed by atoms with E-state index in [4.69, 9.17) is 5.11 Å². The second-order valence-corrected chi connectivity index (χ2v) is 6.06. The van der Waals surface area contributed by atoms with Crippen LogP contribution in [-0.2, 0) is 11.2 Å². The molecule has 0 aliphatic carbocycles. The number of carboxylic acid groups (broad SMARTS) is 1. The summed E-state index contributed by atoms with van der Waals surface area (Å²) in [6.45, 7) is 3.87. The van der Waals surface area contributed by atoms with Crippen LogP contribution in [0.15, 0.2) is 40.5 Å². The average Bonchev–Trinajstić information content (AvgIpc) is 2.52. The lowest BCUT2D eigenvalue weighted by Crippen LogP contribution is -2.30. The first-order valence-corrected chi connectivity index (χ1v) is 8.16. The van der Waals surface area contributed by atoms with E-state index in [0.29, 0.717) is 16.6 Å². The van der Waals surface area contributed by atoms with Gasteiger partial charge in [0.1, 0.15) is 6.04 Å². The van der Waals surface area contributed by atoms with E-state index in [1.807, 2.05) is 24.3 Å². The number of nitrogens with one attached hydrogen (secondary N) is 1. The Hall–Kier alpha value is -1.79. The Labute approximate surface area is 134 Å². The van der Waals surface area contributed by atoms with Crippen LogP contribution < -0.4 is 5.32 Å². The Morgan fingerprint density at radius 2 is 2.05 bits per heavy atom. The molecular formula is C16H20N2O3S. The van der Waals surface area contributed by atoms with Crippen molar-refractivity contribution in [3.8, 4) is 0 Å². The quantitative estimate of drug-likeness (QED) is 0.776. The maximum Gasteiger partial charge on any atom is 0.335 e. The van der Waals surface area contributed by atoms with Gasteiger partial charge in [-0.15, -0.1) is 0 Å². The van der Waals surface area contributed by atoms with Crippen LogP contribution in [0, 0.1) is 0 Å². The van der Waals surface area contributed by atoms with E-state index < -0.39 is 12.0 Å². The van der Waals surface area contributed by atoms with E-state index in [0.717, 1.165) is 12.0 Å². The zero-order chi connectivity index (χ0) is 16.1. The van der Waals surface area contributed by atoms with Gasteiger partial charge in [0, 0.05) is 11.4 Å². The normalized spacial score (nSPS) is 18.0. The van der Waals surface area contributed by atoms with Gasteiger partial charge in [-0.3, -0.25) is 0 Å². The average molecular weight is 320 g/mol. The summed E-state index contributed by atoms with van der Waals surface area (Å²) in [5.74, 6) is -0.451. The van der Waals surface area contributed by atoms with E-state index in [1.54, 1.807) is 6.92 Å². The van der Waals surface area contributed by atoms with Crippen LogP contribution in [0.2, 0.25) is 0 Å². The molecule has 0 fully saturated rings. The number of allylic oxidation sites excluding steroid dienone is 1. The Bertz CT molecular complexity index is 608. The van der Waals surface area contributed by atoms with Crippen LogP contribution in [0.5, 0.6) is 0 Å². The molecule has 1 atom stereocenters. The first kappa shape index (κ1) is 16.6. The van der Waals surface area contributed by atoms with Gasteiger partial charge in [0.15, 0.2) is 5.17 Å². The van der Waals surface area contributed by atoms with Gasteiger partial charge in [-0.1, -0.05) is 43.0 Å². The fourth-order valence-electron chi connectivity index (χ4n) is 2.32. The molecule has 0 aromatic heterocycles. The second kappa shape index (κ2) is 7.47. The van der Waals surface area contributed by atoms with Crippen LogP contribution in [0.1, 0.15) is 31.0 Å². The molecular weight excluding hydrogens is 300 g/mol. The predicted molar refractivity (Wildman–Crippen MR) is 89.0 cm³/mol. The molecule has 1 aromatic carbocycles. The van der Waals surface area contributed by atoms with E-state index in [1.165, 1.54) is 17.3 Å². The van der Waals surface area contributed by atoms with E-state index in [-0.39, 0.29) is 12.2 Å². The highest BCUT2D eigenvalue weighted by molar-refractivity contribution is 8.13. The SMILES string of the molecule is CCc1ccc(C2N=C(SCCO)NC(C)=C2C(=O)O)cc1. The van der Waals surface area contributed by atoms with Crippen molar-refractivity contribution in [1.82, 2.24) is 5.32 Å². The Morgan fingerprint density at radius 3 is 2.59 bits per heavy atom. The van der Waals surface area contributed by atoms with E-state index in [2.05, 4.69) is 17.2 Å². The van der Waals surface area contributed by atoms with Gasteiger partial charge >= 0.3 is 5.97 Å². The second-order valence-electron chi connectivity index (χ2n) is 4.97. The lowest BCUT2D eigenvalue weighted by molar-refractivity contribution is -0.133. The third kappa shape index (κ3) is 3.69. The number of thioether (sulfide) groups is 1. The van der Waals surface area contributed by atoms with E-state index in [9.17, 15) is 9.90 Å². The highest BCUT2D eigenvalue weighted by Crippen LogP contribution is 2.32. The first-order chi connectivity index (χ1) is 10.6. The summed E-state index contributed by atoms with van der Waals surface area (Å²) < 4.78 is 0. The molecule has 1 aliphatic rings. The molecule has 5 nitrogen and oxygen atoms in total. The van der Waals surface area contributed by atoms with Crippen LogP contribution in [0.4, 0.5) is 0 Å². The van der Waals surface area contributed by atoms with Crippen molar-refractivity contribution >= 4 is 22.9 Å². The summed E-state index contributed by atoms with van der Waals surface area (Å²) in [6.07, 6.45) is 0.939. The largest absolute Gasteiger partial charge is 0.478 e. The number of aliphatic hydroxyl groups excluding tert-OH is 1. The van der Waals surface area contributed by atoms with Gasteiger partial charge in [-0.05, 0) is 24.5 Å². The summed E-state index contributed by atoms with van der Waals surface area (Å²) in [6, 6.07) is 7.35. The molecule has 1 unspecified atom stereocenters. The first-order valence-electron chi connectivity index (χ1n) is 7.18. The molecule has 0 saturated carbocycles. The van der Waals surface area contributed by atoms with Crippen molar-refractivity contribution in [2.75, 3.05) is 12.4 Å². The number of nitrogens with zero attached hydrogens (tertiary/aromatic N) is 1. The topological polar surface area (TPSA) is 81.9 Å². The van der Waals surface area contributed by atoms with Crippen molar-refractivity contribution < 1.29 is 15.0 Å². The molecule has 1 heterocycles. The van der Waals surface area contributed by atoms with Gasteiger partial charge in [0.2, 0.25) is 0 Å². The van der Waals surface area contributed by atoms with Crippen LogP contribution in [0.3, 0.4) is 0 Å². The molecule has 0 amide bonds. The Morgan fingerprint density at radius 1 is 1.36 bits per heavy atom. The summed E-state index contributed by atoms with van der Waals surface area (Å²) in [4.78, 5) is 16.1. The number of carbonyl (C=O) groups is 1. The minimum Gasteiger partial charge on any atom is -0.478 e. The fourth-order valence-corrected chi connectivity index (χ4v) is 3.01. The number of benzene rings is 1. The third-order valence-electron chi connectivity index (χ3n) is 3.48. The van der Waals surface area contributed by atoms with Crippen LogP contribution >= 0.6 is 11.8 Å². The highest BCUT2D eigenvalue weighted by Gasteiger charge is 2.28. The summed E-state index contributed by atoms with van der Waals surface area (Å²) in [7, 11) is 0. The predicted octanol–water partition coefficient (Wildman–Crippen LogP) is 2.33. The Kier molecular flexibility index (Phi) is 5.63. The lowest BCUT2D eigenvalue weighted by Gasteiger charge is -2.24. The number of aliphatic carboxylic acids is 1. The summed E-state index contributed by atoms with van der Waals surface area (Å²) in [5, 5.41) is 22.1. The van der Waals surface area contributed by atoms with Crippen molar-refractivity contribution in [1.29, 1.82) is 0 Å². The molecule has 6 heteroatoms. The monoisotopic (exact) mass is 320 g/mol. The fraction of sp³-hybridized carbons (Fsp3) is 0.375. The molecule has 118 valence electrons. The van der Waals surface area contributed by atoms with Gasteiger partial charge < -0.3 is 15.5 Å². The molecule has 0 spiro atoms. The van der Waals surface area contributed by atoms with Gasteiger partial charge in [0.05, 0.1) is 12.2 Å². The number of amidine groups is 1. The molecule has 1 aliphatic heterocycles. The molecule has 1 aromatic rings. The van der Waals surface area contributed by atoms with Crippen molar-refractivity contribution in [3.05, 3.63) is 46.7 Å². The van der Waals surface area contributed by atoms with Crippen molar-refractivity contribution in [3.63, 3.8) is 0 Å². The standard InChI is InChI=1S/C16H20N2O3S/c1-3-11-4-6-12(7-5-11)14-13(15(20)21)10(2)17-16(18-14)22-9-8-19/h4-7,14,19H,3,8-9H2,1-2H3,(H,17,18)(H,20,21). The molecule has 22 heavy (non-hydrogen) atoms. The van der Waals surface area contributed by atoms with Gasteiger partial charge in [-0.25, -0.2) is 9.79 Å². The van der Waals surface area contributed by atoms with Crippen molar-refractivity contribution in [2.24, 2.45) is 4.99 Å².